The van der Waals surface area contributed by atoms with Crippen molar-refractivity contribution >= 4 is 44.8 Å². The van der Waals surface area contributed by atoms with Crippen LogP contribution in [0.3, 0.4) is 0 Å². The lowest BCUT2D eigenvalue weighted by atomic mass is 10.2. The summed E-state index contributed by atoms with van der Waals surface area (Å²) >= 11 is 9.30. The summed E-state index contributed by atoms with van der Waals surface area (Å²) in [5.74, 6) is -0.244. The number of hydrogen-bond acceptors (Lipinski definition) is 3. The normalized spacial score (nSPS) is 9.76. The second-order valence-corrected chi connectivity index (χ2v) is 5.51. The average molecular weight is 365 g/mol. The fourth-order valence-electron chi connectivity index (χ4n) is 1.69. The largest absolute Gasteiger partial charge is 0.375 e. The molecule has 0 atom stereocenters. The zero-order chi connectivity index (χ0) is 15.2. The van der Waals surface area contributed by atoms with Crippen LogP contribution in [0.1, 0.15) is 5.56 Å². The van der Waals surface area contributed by atoms with Crippen molar-refractivity contribution in [3.63, 3.8) is 0 Å². The summed E-state index contributed by atoms with van der Waals surface area (Å²) in [6, 6.07) is 14.3. The van der Waals surface area contributed by atoms with E-state index in [9.17, 15) is 4.79 Å². The lowest BCUT2D eigenvalue weighted by molar-refractivity contribution is -0.114. The number of rotatable bonds is 4. The Kier molecular flexibility index (Phi) is 5.20. The lowest BCUT2D eigenvalue weighted by Crippen LogP contribution is -2.22. The van der Waals surface area contributed by atoms with E-state index in [0.29, 0.717) is 22.0 Å². The third-order valence-electron chi connectivity index (χ3n) is 2.69. The van der Waals surface area contributed by atoms with Crippen molar-refractivity contribution in [2.75, 3.05) is 17.2 Å². The highest BCUT2D eigenvalue weighted by molar-refractivity contribution is 9.10. The Balaban J connectivity index is 2.01. The van der Waals surface area contributed by atoms with Gasteiger partial charge in [0.15, 0.2) is 0 Å². The van der Waals surface area contributed by atoms with Crippen molar-refractivity contribution in [2.45, 2.75) is 0 Å². The first-order valence-corrected chi connectivity index (χ1v) is 7.25. The lowest BCUT2D eigenvalue weighted by Gasteiger charge is -2.10. The van der Waals surface area contributed by atoms with Crippen LogP contribution < -0.4 is 10.6 Å². The van der Waals surface area contributed by atoms with E-state index in [4.69, 9.17) is 16.9 Å². The van der Waals surface area contributed by atoms with Crippen molar-refractivity contribution in [1.82, 2.24) is 0 Å². The summed E-state index contributed by atoms with van der Waals surface area (Å²) in [6.07, 6.45) is 0. The van der Waals surface area contributed by atoms with Gasteiger partial charge in [-0.2, -0.15) is 5.26 Å². The fourth-order valence-corrected chi connectivity index (χ4v) is 2.24. The van der Waals surface area contributed by atoms with Gasteiger partial charge in [-0.05, 0) is 30.3 Å². The molecule has 0 aliphatic rings. The molecule has 0 spiro atoms. The molecule has 0 heterocycles. The Morgan fingerprint density at radius 2 is 2.00 bits per heavy atom. The Morgan fingerprint density at radius 3 is 2.71 bits per heavy atom. The van der Waals surface area contributed by atoms with Crippen LogP contribution >= 0.6 is 27.5 Å². The predicted octanol–water partition coefficient (Wildman–Crippen LogP) is 4.02. The summed E-state index contributed by atoms with van der Waals surface area (Å²) < 4.78 is 0.829. The van der Waals surface area contributed by atoms with Crippen molar-refractivity contribution < 1.29 is 4.79 Å². The van der Waals surface area contributed by atoms with Crippen LogP contribution in [0, 0.1) is 11.3 Å². The summed E-state index contributed by atoms with van der Waals surface area (Å²) in [6.45, 7) is 0.0381. The second-order valence-electron chi connectivity index (χ2n) is 4.18. The third kappa shape index (κ3) is 4.22. The maximum Gasteiger partial charge on any atom is 0.243 e. The molecular weight excluding hydrogens is 354 g/mol. The van der Waals surface area contributed by atoms with E-state index in [-0.39, 0.29) is 12.5 Å². The zero-order valence-electron chi connectivity index (χ0n) is 10.9. The molecule has 2 aromatic rings. The number of nitrogens with zero attached hydrogens (tertiary/aromatic N) is 1. The molecule has 2 aromatic carbocycles. The van der Waals surface area contributed by atoms with Gasteiger partial charge in [0.25, 0.3) is 0 Å². The minimum atomic E-state index is -0.244. The number of carbonyl (C=O) groups is 1. The van der Waals surface area contributed by atoms with E-state index >= 15 is 0 Å². The Hall–Kier alpha value is -2.03. The van der Waals surface area contributed by atoms with Gasteiger partial charge in [0, 0.05) is 4.47 Å². The average Bonchev–Trinajstić information content (AvgIpc) is 2.48. The highest BCUT2D eigenvalue weighted by atomic mass is 79.9. The van der Waals surface area contributed by atoms with Gasteiger partial charge in [0.2, 0.25) is 5.91 Å². The minimum absolute atomic E-state index is 0.0381. The highest BCUT2D eigenvalue weighted by Gasteiger charge is 2.07. The highest BCUT2D eigenvalue weighted by Crippen LogP contribution is 2.22. The number of carbonyl (C=O) groups excluding carboxylic acids is 1. The minimum Gasteiger partial charge on any atom is -0.375 e. The van der Waals surface area contributed by atoms with Crippen LogP contribution in [0.4, 0.5) is 11.4 Å². The molecule has 2 rings (SSSR count). The molecule has 0 radical (unpaired) electrons. The molecule has 0 unspecified atom stereocenters. The Bertz CT molecular complexity index is 712. The monoisotopic (exact) mass is 363 g/mol. The van der Waals surface area contributed by atoms with Crippen LogP contribution in [0.2, 0.25) is 5.02 Å². The Labute approximate surface area is 135 Å². The van der Waals surface area contributed by atoms with Crippen LogP contribution in [0.15, 0.2) is 46.9 Å². The molecule has 0 bridgehead atoms. The third-order valence-corrected chi connectivity index (χ3v) is 3.51. The van der Waals surface area contributed by atoms with Gasteiger partial charge < -0.3 is 10.6 Å². The van der Waals surface area contributed by atoms with E-state index in [1.54, 1.807) is 42.5 Å². The number of nitriles is 1. The van der Waals surface area contributed by atoms with Gasteiger partial charge >= 0.3 is 0 Å². The second kappa shape index (κ2) is 7.11. The van der Waals surface area contributed by atoms with Crippen LogP contribution in [-0.4, -0.2) is 12.5 Å². The van der Waals surface area contributed by atoms with Gasteiger partial charge in [0.1, 0.15) is 6.07 Å². The van der Waals surface area contributed by atoms with E-state index in [1.807, 2.05) is 0 Å². The van der Waals surface area contributed by atoms with Crippen molar-refractivity contribution in [3.8, 4) is 6.07 Å². The summed E-state index contributed by atoms with van der Waals surface area (Å²) in [5, 5.41) is 15.1. The zero-order valence-corrected chi connectivity index (χ0v) is 13.2. The van der Waals surface area contributed by atoms with Gasteiger partial charge in [-0.25, -0.2) is 0 Å². The van der Waals surface area contributed by atoms with Crippen molar-refractivity contribution in [2.24, 2.45) is 0 Å². The summed E-state index contributed by atoms with van der Waals surface area (Å²) in [4.78, 5) is 11.9. The molecule has 0 saturated heterocycles. The number of hydrogen-bond donors (Lipinski definition) is 2. The van der Waals surface area contributed by atoms with Gasteiger partial charge in [-0.1, -0.05) is 39.7 Å². The molecular formula is C15H11BrClN3O. The maximum atomic E-state index is 11.9. The molecule has 0 saturated carbocycles. The van der Waals surface area contributed by atoms with Crippen molar-refractivity contribution in [1.29, 1.82) is 5.26 Å². The predicted molar refractivity (Wildman–Crippen MR) is 87.4 cm³/mol. The number of benzene rings is 2. The number of halogens is 2. The molecule has 0 fully saturated rings. The Morgan fingerprint density at radius 1 is 1.24 bits per heavy atom. The van der Waals surface area contributed by atoms with Crippen molar-refractivity contribution in [3.05, 3.63) is 57.5 Å². The molecule has 0 aromatic heterocycles. The molecule has 1 amide bonds. The first-order chi connectivity index (χ1) is 10.1. The van der Waals surface area contributed by atoms with Crippen LogP contribution in [0.25, 0.3) is 0 Å². The van der Waals surface area contributed by atoms with Gasteiger partial charge in [-0.15, -0.1) is 0 Å². The molecule has 6 heteroatoms. The number of anilines is 2. The van der Waals surface area contributed by atoms with Gasteiger partial charge in [-0.3, -0.25) is 4.79 Å². The molecule has 2 N–H and O–H groups in total. The van der Waals surface area contributed by atoms with E-state index < -0.39 is 0 Å². The molecule has 4 nitrogen and oxygen atoms in total. The SMILES string of the molecule is N#Cc1ccc(Br)cc1NCC(=O)Nc1ccccc1Cl. The van der Waals surface area contributed by atoms with E-state index in [0.717, 1.165) is 4.47 Å². The first kappa shape index (κ1) is 15.4. The molecule has 0 aliphatic carbocycles. The van der Waals surface area contributed by atoms with Crippen LogP contribution in [-0.2, 0) is 4.79 Å². The number of nitrogens with one attached hydrogen (secondary N) is 2. The number of para-hydroxylation sites is 1. The molecule has 0 aliphatic heterocycles. The quantitative estimate of drug-likeness (QED) is 0.861. The topological polar surface area (TPSA) is 64.9 Å². The maximum absolute atomic E-state index is 11.9. The van der Waals surface area contributed by atoms with E-state index in [1.165, 1.54) is 0 Å². The fraction of sp³-hybridized carbons (Fsp3) is 0.0667. The van der Waals surface area contributed by atoms with Gasteiger partial charge in [0.05, 0.1) is 28.5 Å². The molecule has 21 heavy (non-hydrogen) atoms. The number of amides is 1. The summed E-state index contributed by atoms with van der Waals surface area (Å²) in [7, 11) is 0. The molecule has 106 valence electrons. The smallest absolute Gasteiger partial charge is 0.243 e. The van der Waals surface area contributed by atoms with Crippen LogP contribution in [0.5, 0.6) is 0 Å². The summed E-state index contributed by atoms with van der Waals surface area (Å²) in [5.41, 5.74) is 1.63. The standard InChI is InChI=1S/C15H11BrClN3O/c16-11-6-5-10(8-18)14(7-11)19-9-15(21)20-13-4-2-1-3-12(13)17/h1-7,19H,9H2,(H,20,21). The van der Waals surface area contributed by atoms with E-state index in [2.05, 4.69) is 32.6 Å². The first-order valence-electron chi connectivity index (χ1n) is 6.08.